The Balaban J connectivity index is 2.14. The van der Waals surface area contributed by atoms with Gasteiger partial charge in [0.05, 0.1) is 23.9 Å². The maximum atomic E-state index is 12.0. The Morgan fingerprint density at radius 1 is 1.26 bits per heavy atom. The van der Waals surface area contributed by atoms with E-state index >= 15 is 0 Å². The predicted octanol–water partition coefficient (Wildman–Crippen LogP) is 3.18. The summed E-state index contributed by atoms with van der Waals surface area (Å²) in [6.07, 6.45) is 1.28. The number of nitrogens with zero attached hydrogens (tertiary/aromatic N) is 1. The van der Waals surface area contributed by atoms with Gasteiger partial charge < -0.3 is 14.9 Å². The predicted molar refractivity (Wildman–Crippen MR) is 87.8 cm³/mol. The summed E-state index contributed by atoms with van der Waals surface area (Å²) in [6, 6.07) is 7.20. The van der Waals surface area contributed by atoms with Gasteiger partial charge in [-0.15, -0.1) is 0 Å². The Bertz CT molecular complexity index is 778. The topological polar surface area (TPSA) is 91.2 Å². The summed E-state index contributed by atoms with van der Waals surface area (Å²) in [5, 5.41) is 23.5. The van der Waals surface area contributed by atoms with Crippen molar-refractivity contribution in [1.82, 2.24) is 5.43 Å². The molecule has 8 heteroatoms. The molecule has 2 aromatic rings. The highest BCUT2D eigenvalue weighted by atomic mass is 35.5. The summed E-state index contributed by atoms with van der Waals surface area (Å²) in [6.45, 7) is 0. The molecule has 2 aromatic carbocycles. The van der Waals surface area contributed by atoms with Crippen LogP contribution in [0.4, 0.5) is 0 Å². The lowest BCUT2D eigenvalue weighted by Gasteiger charge is -2.06. The van der Waals surface area contributed by atoms with Crippen molar-refractivity contribution < 1.29 is 19.7 Å². The molecule has 6 nitrogen and oxygen atoms in total. The van der Waals surface area contributed by atoms with E-state index in [2.05, 4.69) is 10.5 Å². The van der Waals surface area contributed by atoms with Crippen molar-refractivity contribution in [3.05, 3.63) is 51.5 Å². The van der Waals surface area contributed by atoms with E-state index in [-0.39, 0.29) is 27.8 Å². The number of carbonyl (C=O) groups is 1. The van der Waals surface area contributed by atoms with Crippen LogP contribution in [0.5, 0.6) is 17.2 Å². The van der Waals surface area contributed by atoms with Crippen LogP contribution in [-0.2, 0) is 0 Å². The fraction of sp³-hybridized carbons (Fsp3) is 0.0667. The summed E-state index contributed by atoms with van der Waals surface area (Å²) >= 11 is 11.7. The molecule has 0 radical (unpaired) electrons. The molecule has 0 aliphatic carbocycles. The van der Waals surface area contributed by atoms with E-state index < -0.39 is 5.91 Å². The number of phenolic OH excluding ortho intramolecular Hbond substituents is 2. The third-order valence-electron chi connectivity index (χ3n) is 2.85. The third kappa shape index (κ3) is 4.06. The molecule has 0 aliphatic heterocycles. The van der Waals surface area contributed by atoms with Gasteiger partial charge in [0.2, 0.25) is 5.75 Å². The first-order valence-corrected chi connectivity index (χ1v) is 7.06. The molecule has 2 rings (SSSR count). The first-order valence-electron chi connectivity index (χ1n) is 6.30. The van der Waals surface area contributed by atoms with Gasteiger partial charge in [-0.3, -0.25) is 4.79 Å². The van der Waals surface area contributed by atoms with E-state index in [4.69, 9.17) is 27.9 Å². The van der Waals surface area contributed by atoms with Crippen LogP contribution in [0.15, 0.2) is 35.4 Å². The van der Waals surface area contributed by atoms with E-state index in [0.29, 0.717) is 10.6 Å². The second kappa shape index (κ2) is 7.21. The average molecular weight is 355 g/mol. The number of hydrogen-bond donors (Lipinski definition) is 3. The molecule has 0 aliphatic rings. The molecular formula is C15H12Cl2N2O4. The molecule has 0 saturated carbocycles. The Hall–Kier alpha value is -2.44. The van der Waals surface area contributed by atoms with Crippen molar-refractivity contribution in [3.63, 3.8) is 0 Å². The summed E-state index contributed by atoms with van der Waals surface area (Å²) in [5.74, 6) is -1.20. The van der Waals surface area contributed by atoms with Crippen LogP contribution >= 0.6 is 23.2 Å². The normalized spacial score (nSPS) is 10.7. The Kier molecular flexibility index (Phi) is 5.31. The van der Waals surface area contributed by atoms with Gasteiger partial charge in [-0.2, -0.15) is 5.10 Å². The Morgan fingerprint density at radius 2 is 2.00 bits per heavy atom. The minimum atomic E-state index is -0.538. The minimum absolute atomic E-state index is 0.0793. The van der Waals surface area contributed by atoms with E-state index in [9.17, 15) is 15.0 Å². The molecule has 0 unspecified atom stereocenters. The van der Waals surface area contributed by atoms with E-state index in [1.807, 2.05) is 0 Å². The number of benzene rings is 2. The van der Waals surface area contributed by atoms with Crippen LogP contribution in [0.25, 0.3) is 0 Å². The van der Waals surface area contributed by atoms with Crippen molar-refractivity contribution in [3.8, 4) is 17.2 Å². The van der Waals surface area contributed by atoms with Crippen LogP contribution in [0.2, 0.25) is 10.0 Å². The maximum absolute atomic E-state index is 12.0. The molecule has 0 spiro atoms. The fourth-order valence-electron chi connectivity index (χ4n) is 1.74. The van der Waals surface area contributed by atoms with Crippen LogP contribution in [-0.4, -0.2) is 29.4 Å². The standard InChI is InChI=1S/C15H12Cl2N2O4/c1-23-13-5-8(4-12(20)14(13)21)7-18-19-15(22)10-6-9(16)2-3-11(10)17/h2-7,20-21H,1H3,(H,19,22)/b18-7+. The van der Waals surface area contributed by atoms with E-state index in [0.717, 1.165) is 0 Å². The molecule has 0 aromatic heterocycles. The number of hydrazone groups is 1. The SMILES string of the molecule is COc1cc(/C=N/NC(=O)c2cc(Cl)ccc2Cl)cc(O)c1O. The number of aromatic hydroxyl groups is 2. The van der Waals surface area contributed by atoms with Crippen LogP contribution in [0, 0.1) is 0 Å². The molecule has 120 valence electrons. The molecule has 1 amide bonds. The molecule has 0 saturated heterocycles. The number of phenols is 2. The highest BCUT2D eigenvalue weighted by Gasteiger charge is 2.11. The zero-order valence-corrected chi connectivity index (χ0v) is 13.4. The molecule has 0 bridgehead atoms. The molecule has 3 N–H and O–H groups in total. The zero-order valence-electron chi connectivity index (χ0n) is 11.9. The Labute approximate surface area is 141 Å². The number of nitrogens with one attached hydrogen (secondary N) is 1. The average Bonchev–Trinajstić information content (AvgIpc) is 2.52. The highest BCUT2D eigenvalue weighted by Crippen LogP contribution is 2.35. The van der Waals surface area contributed by atoms with Gasteiger partial charge in [-0.25, -0.2) is 5.43 Å². The van der Waals surface area contributed by atoms with Gasteiger partial charge in [0.1, 0.15) is 0 Å². The lowest BCUT2D eigenvalue weighted by atomic mass is 10.2. The first-order chi connectivity index (χ1) is 10.9. The van der Waals surface area contributed by atoms with Crippen LogP contribution < -0.4 is 10.2 Å². The van der Waals surface area contributed by atoms with Crippen molar-refractivity contribution in [2.24, 2.45) is 5.10 Å². The van der Waals surface area contributed by atoms with Gasteiger partial charge >= 0.3 is 0 Å². The Morgan fingerprint density at radius 3 is 2.70 bits per heavy atom. The zero-order chi connectivity index (χ0) is 17.0. The molecular weight excluding hydrogens is 343 g/mol. The number of halogens is 2. The number of rotatable bonds is 4. The third-order valence-corrected chi connectivity index (χ3v) is 3.41. The minimum Gasteiger partial charge on any atom is -0.504 e. The van der Waals surface area contributed by atoms with Crippen LogP contribution in [0.3, 0.4) is 0 Å². The largest absolute Gasteiger partial charge is 0.504 e. The van der Waals surface area contributed by atoms with Gasteiger partial charge in [-0.05, 0) is 30.3 Å². The van der Waals surface area contributed by atoms with Gasteiger partial charge in [0.25, 0.3) is 5.91 Å². The monoisotopic (exact) mass is 354 g/mol. The number of hydrogen-bond acceptors (Lipinski definition) is 5. The maximum Gasteiger partial charge on any atom is 0.272 e. The molecule has 23 heavy (non-hydrogen) atoms. The summed E-state index contributed by atoms with van der Waals surface area (Å²) in [4.78, 5) is 12.0. The molecule has 0 heterocycles. The second-order valence-electron chi connectivity index (χ2n) is 4.41. The van der Waals surface area contributed by atoms with Crippen molar-refractivity contribution >= 4 is 35.3 Å². The molecule has 0 fully saturated rings. The number of amides is 1. The van der Waals surface area contributed by atoms with Gasteiger partial charge in [0, 0.05) is 10.6 Å². The van der Waals surface area contributed by atoms with E-state index in [1.165, 1.54) is 37.6 Å². The van der Waals surface area contributed by atoms with Crippen molar-refractivity contribution in [1.29, 1.82) is 0 Å². The number of ether oxygens (including phenoxy) is 1. The second-order valence-corrected chi connectivity index (χ2v) is 5.26. The first kappa shape index (κ1) is 16.9. The lowest BCUT2D eigenvalue weighted by molar-refractivity contribution is 0.0955. The highest BCUT2D eigenvalue weighted by molar-refractivity contribution is 6.35. The van der Waals surface area contributed by atoms with Gasteiger partial charge in [0.15, 0.2) is 11.5 Å². The van der Waals surface area contributed by atoms with E-state index in [1.54, 1.807) is 6.07 Å². The summed E-state index contributed by atoms with van der Waals surface area (Å²) in [5.41, 5.74) is 2.88. The van der Waals surface area contributed by atoms with Crippen LogP contribution in [0.1, 0.15) is 15.9 Å². The number of carbonyl (C=O) groups excluding carboxylic acids is 1. The van der Waals surface area contributed by atoms with Crippen molar-refractivity contribution in [2.75, 3.05) is 7.11 Å². The van der Waals surface area contributed by atoms with Gasteiger partial charge in [-0.1, -0.05) is 23.2 Å². The number of methoxy groups -OCH3 is 1. The smallest absolute Gasteiger partial charge is 0.272 e. The quantitative estimate of drug-likeness (QED) is 0.446. The molecule has 0 atom stereocenters. The summed E-state index contributed by atoms with van der Waals surface area (Å²) < 4.78 is 4.90. The lowest BCUT2D eigenvalue weighted by Crippen LogP contribution is -2.18. The van der Waals surface area contributed by atoms with Crippen molar-refractivity contribution in [2.45, 2.75) is 0 Å². The summed E-state index contributed by atoms with van der Waals surface area (Å²) in [7, 11) is 1.35. The fourth-order valence-corrected chi connectivity index (χ4v) is 2.12.